The number of fused-ring (bicyclic) bond motifs is 1. The van der Waals surface area contributed by atoms with Gasteiger partial charge in [0.2, 0.25) is 0 Å². The fraction of sp³-hybridized carbons (Fsp3) is 0.133. The molecule has 1 N–H and O–H groups in total. The van der Waals surface area contributed by atoms with E-state index < -0.39 is 0 Å². The molecule has 0 unspecified atom stereocenters. The molecule has 4 aromatic carbocycles. The number of carbonyl (C=O) groups excluding carboxylic acids is 2. The zero-order valence-corrected chi connectivity index (χ0v) is 18.8. The van der Waals surface area contributed by atoms with Crippen LogP contribution in [0.5, 0.6) is 0 Å². The minimum absolute atomic E-state index is 0.206. The molecule has 4 nitrogen and oxygen atoms in total. The summed E-state index contributed by atoms with van der Waals surface area (Å²) in [4.78, 5) is 27.4. The first-order valence-corrected chi connectivity index (χ1v) is 11.7. The molecular weight excluding hydrogens is 420 g/mol. The van der Waals surface area contributed by atoms with Gasteiger partial charge in [0.05, 0.1) is 0 Å². The summed E-state index contributed by atoms with van der Waals surface area (Å²) in [6.07, 6.45) is 6.08. The van der Waals surface area contributed by atoms with Gasteiger partial charge in [-0.2, -0.15) is 0 Å². The Kier molecular flexibility index (Phi) is 4.99. The van der Waals surface area contributed by atoms with Crippen LogP contribution in [0.3, 0.4) is 0 Å². The van der Waals surface area contributed by atoms with Crippen LogP contribution in [0.15, 0.2) is 84.9 Å². The van der Waals surface area contributed by atoms with Gasteiger partial charge in [-0.05, 0) is 70.8 Å². The molecule has 1 aliphatic heterocycles. The third kappa shape index (κ3) is 3.48. The van der Waals surface area contributed by atoms with Gasteiger partial charge >= 0.3 is 0 Å². The van der Waals surface area contributed by atoms with Crippen LogP contribution in [0, 0.1) is 0 Å². The summed E-state index contributed by atoms with van der Waals surface area (Å²) in [5.41, 5.74) is 7.33. The molecule has 0 saturated heterocycles. The standard InChI is InChI=1S/C30H24N2O2/c33-29-26-9-2-6-22-7-3-10-27(28(22)26)30(34)32(29)18-4-17-31-25-15-13-21(14-16-25)24-12-11-20-5-1-8-23(20)19-24/h1-3,6-16,19,31H,4-5,17-18H2. The van der Waals surface area contributed by atoms with Gasteiger partial charge in [0.1, 0.15) is 0 Å². The van der Waals surface area contributed by atoms with Gasteiger partial charge in [0, 0.05) is 35.3 Å². The van der Waals surface area contributed by atoms with Crippen LogP contribution in [0.4, 0.5) is 5.69 Å². The Morgan fingerprint density at radius 2 is 1.50 bits per heavy atom. The number of carbonyl (C=O) groups is 2. The maximum Gasteiger partial charge on any atom is 0.261 e. The number of rotatable bonds is 6. The number of nitrogens with zero attached hydrogens (tertiary/aromatic N) is 1. The van der Waals surface area contributed by atoms with Crippen LogP contribution in [0.2, 0.25) is 0 Å². The fourth-order valence-electron chi connectivity index (χ4n) is 4.96. The second kappa shape index (κ2) is 8.31. The monoisotopic (exact) mass is 444 g/mol. The summed E-state index contributed by atoms with van der Waals surface area (Å²) in [6, 6.07) is 26.3. The van der Waals surface area contributed by atoms with E-state index in [0.717, 1.165) is 22.9 Å². The SMILES string of the molecule is O=C1c2cccc3cccc(c23)C(=O)N1CCCNc1ccc(-c2ccc3c(c2)C=CC3)cc1. The van der Waals surface area contributed by atoms with Crippen molar-refractivity contribution in [3.8, 4) is 11.1 Å². The van der Waals surface area contributed by atoms with E-state index in [9.17, 15) is 9.59 Å². The Bertz CT molecular complexity index is 1420. The van der Waals surface area contributed by atoms with Gasteiger partial charge in [0.25, 0.3) is 11.8 Å². The van der Waals surface area contributed by atoms with Crippen LogP contribution >= 0.6 is 0 Å². The molecule has 34 heavy (non-hydrogen) atoms. The molecule has 4 heteroatoms. The number of benzene rings is 4. The van der Waals surface area contributed by atoms with Crippen LogP contribution in [0.25, 0.3) is 28.0 Å². The van der Waals surface area contributed by atoms with E-state index in [-0.39, 0.29) is 11.8 Å². The van der Waals surface area contributed by atoms with Crippen molar-refractivity contribution in [1.82, 2.24) is 4.90 Å². The van der Waals surface area contributed by atoms with Crippen molar-refractivity contribution in [1.29, 1.82) is 0 Å². The number of nitrogens with one attached hydrogen (secondary N) is 1. The van der Waals surface area contributed by atoms with Crippen molar-refractivity contribution < 1.29 is 9.59 Å². The molecule has 0 atom stereocenters. The van der Waals surface area contributed by atoms with E-state index >= 15 is 0 Å². The second-order valence-corrected chi connectivity index (χ2v) is 8.85. The Morgan fingerprint density at radius 1 is 0.794 bits per heavy atom. The Labute approximate surface area is 198 Å². The maximum absolute atomic E-state index is 13.0. The summed E-state index contributed by atoms with van der Waals surface area (Å²) in [5.74, 6) is -0.411. The van der Waals surface area contributed by atoms with Crippen molar-refractivity contribution >= 4 is 34.4 Å². The molecule has 2 aliphatic rings. The molecule has 1 heterocycles. The summed E-state index contributed by atoms with van der Waals surface area (Å²) < 4.78 is 0. The van der Waals surface area contributed by atoms with Gasteiger partial charge in [-0.3, -0.25) is 14.5 Å². The minimum Gasteiger partial charge on any atom is -0.385 e. The van der Waals surface area contributed by atoms with Crippen molar-refractivity contribution in [3.63, 3.8) is 0 Å². The van der Waals surface area contributed by atoms with E-state index in [0.29, 0.717) is 30.6 Å². The average Bonchev–Trinajstić information content (AvgIpc) is 3.35. The largest absolute Gasteiger partial charge is 0.385 e. The van der Waals surface area contributed by atoms with Gasteiger partial charge in [-0.1, -0.05) is 60.7 Å². The van der Waals surface area contributed by atoms with E-state index in [1.807, 2.05) is 36.4 Å². The van der Waals surface area contributed by atoms with E-state index in [1.54, 1.807) is 0 Å². The highest BCUT2D eigenvalue weighted by Gasteiger charge is 2.32. The highest BCUT2D eigenvalue weighted by atomic mass is 16.2. The predicted octanol–water partition coefficient (Wildman–Crippen LogP) is 6.17. The number of hydrogen-bond acceptors (Lipinski definition) is 3. The highest BCUT2D eigenvalue weighted by molar-refractivity contribution is 6.25. The van der Waals surface area contributed by atoms with E-state index in [4.69, 9.17) is 0 Å². The first-order chi connectivity index (χ1) is 16.7. The summed E-state index contributed by atoms with van der Waals surface area (Å²) in [5, 5.41) is 5.11. The zero-order chi connectivity index (χ0) is 23.1. The molecule has 1 aliphatic carbocycles. The smallest absolute Gasteiger partial charge is 0.261 e. The van der Waals surface area contributed by atoms with Gasteiger partial charge in [-0.15, -0.1) is 0 Å². The Balaban J connectivity index is 1.09. The summed E-state index contributed by atoms with van der Waals surface area (Å²) in [7, 11) is 0. The average molecular weight is 445 g/mol. The van der Waals surface area contributed by atoms with Gasteiger partial charge in [0.15, 0.2) is 0 Å². The van der Waals surface area contributed by atoms with E-state index in [1.165, 1.54) is 27.2 Å². The molecular formula is C30H24N2O2. The lowest BCUT2D eigenvalue weighted by Crippen LogP contribution is -2.41. The van der Waals surface area contributed by atoms with Gasteiger partial charge in [-0.25, -0.2) is 0 Å². The van der Waals surface area contributed by atoms with Crippen LogP contribution in [0.1, 0.15) is 38.3 Å². The zero-order valence-electron chi connectivity index (χ0n) is 18.8. The minimum atomic E-state index is -0.206. The lowest BCUT2D eigenvalue weighted by atomic mass is 9.94. The van der Waals surface area contributed by atoms with Crippen molar-refractivity contribution in [2.75, 3.05) is 18.4 Å². The predicted molar refractivity (Wildman–Crippen MR) is 137 cm³/mol. The number of imide groups is 1. The van der Waals surface area contributed by atoms with Gasteiger partial charge < -0.3 is 5.32 Å². The highest BCUT2D eigenvalue weighted by Crippen LogP contribution is 2.30. The van der Waals surface area contributed by atoms with Crippen LogP contribution < -0.4 is 5.32 Å². The third-order valence-corrected chi connectivity index (χ3v) is 6.74. The van der Waals surface area contributed by atoms with E-state index in [2.05, 4.69) is 59.9 Å². The molecule has 0 bridgehead atoms. The second-order valence-electron chi connectivity index (χ2n) is 8.85. The molecule has 2 amide bonds. The molecule has 166 valence electrons. The molecule has 0 spiro atoms. The Hall–Kier alpha value is -4.18. The molecule has 6 rings (SSSR count). The fourth-order valence-corrected chi connectivity index (χ4v) is 4.96. The Morgan fingerprint density at radius 3 is 2.24 bits per heavy atom. The summed E-state index contributed by atoms with van der Waals surface area (Å²) >= 11 is 0. The molecule has 0 fully saturated rings. The topological polar surface area (TPSA) is 49.4 Å². The molecule has 4 aromatic rings. The third-order valence-electron chi connectivity index (χ3n) is 6.74. The lowest BCUT2D eigenvalue weighted by molar-refractivity contribution is 0.0610. The first-order valence-electron chi connectivity index (χ1n) is 11.7. The first kappa shape index (κ1) is 20.4. The summed E-state index contributed by atoms with van der Waals surface area (Å²) in [6.45, 7) is 1.06. The normalized spacial score (nSPS) is 14.1. The number of anilines is 1. The molecule has 0 saturated carbocycles. The molecule has 0 radical (unpaired) electrons. The number of allylic oxidation sites excluding steroid dienone is 1. The van der Waals surface area contributed by atoms with Crippen molar-refractivity contribution in [3.05, 3.63) is 107 Å². The number of hydrogen-bond donors (Lipinski definition) is 1. The number of amides is 2. The van der Waals surface area contributed by atoms with Crippen LogP contribution in [-0.4, -0.2) is 29.8 Å². The lowest BCUT2D eigenvalue weighted by Gasteiger charge is -2.27. The van der Waals surface area contributed by atoms with Crippen molar-refractivity contribution in [2.45, 2.75) is 12.8 Å². The maximum atomic E-state index is 13.0. The molecule has 0 aromatic heterocycles. The van der Waals surface area contributed by atoms with Crippen molar-refractivity contribution in [2.24, 2.45) is 0 Å². The quantitative estimate of drug-likeness (QED) is 0.286. The van der Waals surface area contributed by atoms with Crippen LogP contribution in [-0.2, 0) is 6.42 Å².